The smallest absolute Gasteiger partial charge is 0.166 e. The second-order valence-electron chi connectivity index (χ2n) is 4.22. The van der Waals surface area contributed by atoms with Crippen LogP contribution in [0.5, 0.6) is 0 Å². The van der Waals surface area contributed by atoms with Crippen LogP contribution in [-0.2, 0) is 0 Å². The van der Waals surface area contributed by atoms with Gasteiger partial charge >= 0.3 is 0 Å². The Bertz CT molecular complexity index is 347. The van der Waals surface area contributed by atoms with E-state index in [0.717, 1.165) is 17.4 Å². The van der Waals surface area contributed by atoms with Crippen molar-refractivity contribution in [3.8, 4) is 0 Å². The quantitative estimate of drug-likeness (QED) is 0.487. The first kappa shape index (κ1) is 14.3. The molecule has 0 bridgehead atoms. The van der Waals surface area contributed by atoms with Crippen molar-refractivity contribution in [1.82, 2.24) is 10.6 Å². The Morgan fingerprint density at radius 3 is 2.53 bits per heavy atom. The van der Waals surface area contributed by atoms with E-state index < -0.39 is 0 Å². The minimum absolute atomic E-state index is 0.389. The Hall–Kier alpha value is -0.740. The molecule has 2 N–H and O–H groups in total. The largest absolute Gasteiger partial charge is 0.362 e. The van der Waals surface area contributed by atoms with Crippen molar-refractivity contribution < 1.29 is 0 Å². The topological polar surface area (TPSA) is 24.1 Å². The van der Waals surface area contributed by atoms with E-state index in [1.807, 2.05) is 11.8 Å². The SMILES string of the molecule is Cc1ccc(SCCNC(=S)NC(C)C)cc1. The van der Waals surface area contributed by atoms with Gasteiger partial charge in [-0.2, -0.15) is 0 Å². The highest BCUT2D eigenvalue weighted by atomic mass is 32.2. The van der Waals surface area contributed by atoms with Gasteiger partial charge in [0.2, 0.25) is 0 Å². The molecule has 0 spiro atoms. The highest BCUT2D eigenvalue weighted by Crippen LogP contribution is 2.17. The highest BCUT2D eigenvalue weighted by molar-refractivity contribution is 7.99. The summed E-state index contributed by atoms with van der Waals surface area (Å²) in [5.41, 5.74) is 1.30. The summed E-state index contributed by atoms with van der Waals surface area (Å²) < 4.78 is 0. The van der Waals surface area contributed by atoms with Crippen LogP contribution >= 0.6 is 24.0 Å². The van der Waals surface area contributed by atoms with Gasteiger partial charge in [-0.3, -0.25) is 0 Å². The number of aryl methyl sites for hydroxylation is 1. The number of thioether (sulfide) groups is 1. The van der Waals surface area contributed by atoms with Crippen LogP contribution in [0.4, 0.5) is 0 Å². The summed E-state index contributed by atoms with van der Waals surface area (Å²) in [5, 5.41) is 7.10. The molecule has 0 atom stereocenters. The van der Waals surface area contributed by atoms with Gasteiger partial charge in [0.1, 0.15) is 0 Å². The molecular weight excluding hydrogens is 248 g/mol. The van der Waals surface area contributed by atoms with Gasteiger partial charge in [-0.15, -0.1) is 11.8 Å². The second-order valence-corrected chi connectivity index (χ2v) is 5.79. The van der Waals surface area contributed by atoms with Gasteiger partial charge in [0.15, 0.2) is 5.11 Å². The van der Waals surface area contributed by atoms with E-state index in [1.165, 1.54) is 10.5 Å². The summed E-state index contributed by atoms with van der Waals surface area (Å²) in [4.78, 5) is 1.31. The molecule has 0 unspecified atom stereocenters. The van der Waals surface area contributed by atoms with Crippen molar-refractivity contribution in [2.75, 3.05) is 12.3 Å². The number of hydrogen-bond acceptors (Lipinski definition) is 2. The van der Waals surface area contributed by atoms with E-state index in [9.17, 15) is 0 Å². The standard InChI is InChI=1S/C13H20N2S2/c1-10(2)15-13(16)14-8-9-17-12-6-4-11(3)5-7-12/h4-7,10H,8-9H2,1-3H3,(H2,14,15,16). The molecule has 94 valence electrons. The third-order valence-electron chi connectivity index (χ3n) is 2.10. The number of hydrogen-bond donors (Lipinski definition) is 2. The molecule has 2 nitrogen and oxygen atoms in total. The first-order chi connectivity index (χ1) is 8.08. The number of nitrogens with one attached hydrogen (secondary N) is 2. The molecular formula is C13H20N2S2. The fraction of sp³-hybridized carbons (Fsp3) is 0.462. The third kappa shape index (κ3) is 6.54. The molecule has 0 aromatic heterocycles. The van der Waals surface area contributed by atoms with Crippen molar-refractivity contribution in [2.24, 2.45) is 0 Å². The van der Waals surface area contributed by atoms with Crippen LogP contribution in [0.25, 0.3) is 0 Å². The lowest BCUT2D eigenvalue weighted by atomic mass is 10.2. The summed E-state index contributed by atoms with van der Waals surface area (Å²) in [6, 6.07) is 8.98. The molecule has 17 heavy (non-hydrogen) atoms. The van der Waals surface area contributed by atoms with E-state index in [-0.39, 0.29) is 0 Å². The fourth-order valence-electron chi connectivity index (χ4n) is 1.28. The van der Waals surface area contributed by atoms with Crippen molar-refractivity contribution in [3.05, 3.63) is 29.8 Å². The molecule has 1 aromatic rings. The predicted octanol–water partition coefficient (Wildman–Crippen LogP) is 2.96. The van der Waals surface area contributed by atoms with Crippen LogP contribution in [0.2, 0.25) is 0 Å². The molecule has 0 aliphatic rings. The van der Waals surface area contributed by atoms with Crippen molar-refractivity contribution in [3.63, 3.8) is 0 Å². The van der Waals surface area contributed by atoms with Gasteiger partial charge in [0, 0.05) is 23.2 Å². The second kappa shape index (κ2) is 7.56. The summed E-state index contributed by atoms with van der Waals surface area (Å²) in [6.07, 6.45) is 0. The minimum atomic E-state index is 0.389. The summed E-state index contributed by atoms with van der Waals surface area (Å²) >= 11 is 6.99. The average molecular weight is 268 g/mol. The molecule has 0 radical (unpaired) electrons. The third-order valence-corrected chi connectivity index (χ3v) is 3.37. The van der Waals surface area contributed by atoms with E-state index in [1.54, 1.807) is 0 Å². The molecule has 0 aliphatic carbocycles. The number of rotatable bonds is 5. The normalized spacial score (nSPS) is 10.4. The summed E-state index contributed by atoms with van der Waals surface area (Å²) in [5.74, 6) is 1.02. The molecule has 1 aromatic carbocycles. The van der Waals surface area contributed by atoms with Gasteiger partial charge in [0.05, 0.1) is 0 Å². The lowest BCUT2D eigenvalue weighted by molar-refractivity contribution is 0.718. The Morgan fingerprint density at radius 2 is 1.94 bits per heavy atom. The first-order valence-corrected chi connectivity index (χ1v) is 7.21. The lowest BCUT2D eigenvalue weighted by Crippen LogP contribution is -2.40. The van der Waals surface area contributed by atoms with E-state index >= 15 is 0 Å². The van der Waals surface area contributed by atoms with Gasteiger partial charge in [-0.1, -0.05) is 17.7 Å². The van der Waals surface area contributed by atoms with Crippen molar-refractivity contribution in [2.45, 2.75) is 31.7 Å². The molecule has 0 heterocycles. The van der Waals surface area contributed by atoms with Crippen LogP contribution in [-0.4, -0.2) is 23.5 Å². The fourth-order valence-corrected chi connectivity index (χ4v) is 2.39. The molecule has 1 rings (SSSR count). The van der Waals surface area contributed by atoms with Crippen LogP contribution in [0.1, 0.15) is 19.4 Å². The highest BCUT2D eigenvalue weighted by Gasteiger charge is 1.98. The zero-order valence-corrected chi connectivity index (χ0v) is 12.3. The molecule has 0 saturated heterocycles. The zero-order valence-electron chi connectivity index (χ0n) is 10.6. The van der Waals surface area contributed by atoms with Crippen molar-refractivity contribution in [1.29, 1.82) is 0 Å². The molecule has 0 aliphatic heterocycles. The Kier molecular flexibility index (Phi) is 6.37. The van der Waals surface area contributed by atoms with Crippen LogP contribution in [0.15, 0.2) is 29.2 Å². The van der Waals surface area contributed by atoms with Crippen LogP contribution in [0, 0.1) is 6.92 Å². The summed E-state index contributed by atoms with van der Waals surface area (Å²) in [6.45, 7) is 7.15. The van der Waals surface area contributed by atoms with E-state index in [0.29, 0.717) is 6.04 Å². The average Bonchev–Trinajstić information content (AvgIpc) is 2.26. The predicted molar refractivity (Wildman–Crippen MR) is 80.8 cm³/mol. The molecule has 4 heteroatoms. The maximum atomic E-state index is 5.15. The van der Waals surface area contributed by atoms with Gasteiger partial charge in [0.25, 0.3) is 0 Å². The molecule has 0 saturated carbocycles. The molecule has 0 fully saturated rings. The first-order valence-electron chi connectivity index (χ1n) is 5.82. The minimum Gasteiger partial charge on any atom is -0.362 e. The molecule has 0 amide bonds. The zero-order chi connectivity index (χ0) is 12.7. The van der Waals surface area contributed by atoms with Crippen LogP contribution < -0.4 is 10.6 Å². The maximum absolute atomic E-state index is 5.15. The Balaban J connectivity index is 2.16. The summed E-state index contributed by atoms with van der Waals surface area (Å²) in [7, 11) is 0. The van der Waals surface area contributed by atoms with Crippen LogP contribution in [0.3, 0.4) is 0 Å². The van der Waals surface area contributed by atoms with Gasteiger partial charge in [-0.05, 0) is 45.1 Å². The Morgan fingerprint density at radius 1 is 1.29 bits per heavy atom. The monoisotopic (exact) mass is 268 g/mol. The maximum Gasteiger partial charge on any atom is 0.166 e. The van der Waals surface area contributed by atoms with E-state index in [2.05, 4.69) is 55.7 Å². The van der Waals surface area contributed by atoms with Gasteiger partial charge < -0.3 is 10.6 Å². The van der Waals surface area contributed by atoms with E-state index in [4.69, 9.17) is 12.2 Å². The Labute approximate surface area is 114 Å². The van der Waals surface area contributed by atoms with Gasteiger partial charge in [-0.25, -0.2) is 0 Å². The van der Waals surface area contributed by atoms with Crippen molar-refractivity contribution >= 4 is 29.1 Å². The number of benzene rings is 1. The lowest BCUT2D eigenvalue weighted by Gasteiger charge is -2.12. The number of thiocarbonyl (C=S) groups is 1.